The first-order chi connectivity index (χ1) is 7.98. The van der Waals surface area contributed by atoms with Gasteiger partial charge in [0.05, 0.1) is 11.7 Å². The number of thioether (sulfide) groups is 1. The standard InChI is InChI=1S/C12H13F3OS/c13-12(14,15)9-4-1-3-8(7-9)11(16)10-5-2-6-17-10/h1,3-4,7,10-11,16H,2,5-6H2. The van der Waals surface area contributed by atoms with E-state index in [0.717, 1.165) is 30.7 Å². The van der Waals surface area contributed by atoms with Crippen molar-refractivity contribution in [2.24, 2.45) is 0 Å². The Kier molecular flexibility index (Phi) is 3.68. The molecule has 2 atom stereocenters. The molecule has 0 amide bonds. The van der Waals surface area contributed by atoms with Crippen LogP contribution in [0.15, 0.2) is 24.3 Å². The van der Waals surface area contributed by atoms with Crippen LogP contribution >= 0.6 is 11.8 Å². The van der Waals surface area contributed by atoms with Crippen molar-refractivity contribution in [2.75, 3.05) is 5.75 Å². The lowest BCUT2D eigenvalue weighted by atomic mass is 10.0. The van der Waals surface area contributed by atoms with Crippen LogP contribution < -0.4 is 0 Å². The van der Waals surface area contributed by atoms with Gasteiger partial charge in [-0.25, -0.2) is 0 Å². The van der Waals surface area contributed by atoms with Crippen LogP contribution in [-0.2, 0) is 6.18 Å². The van der Waals surface area contributed by atoms with E-state index in [4.69, 9.17) is 0 Å². The van der Waals surface area contributed by atoms with Crippen LogP contribution in [0.1, 0.15) is 30.1 Å². The molecule has 2 rings (SSSR count). The largest absolute Gasteiger partial charge is 0.416 e. The maximum absolute atomic E-state index is 12.5. The molecule has 0 radical (unpaired) electrons. The van der Waals surface area contributed by atoms with Gasteiger partial charge in [-0.2, -0.15) is 24.9 Å². The Labute approximate surface area is 102 Å². The fourth-order valence-electron chi connectivity index (χ4n) is 1.97. The maximum atomic E-state index is 12.5. The van der Waals surface area contributed by atoms with Crippen molar-refractivity contribution in [3.63, 3.8) is 0 Å². The van der Waals surface area contributed by atoms with Crippen LogP contribution in [0.25, 0.3) is 0 Å². The van der Waals surface area contributed by atoms with Crippen molar-refractivity contribution < 1.29 is 18.3 Å². The Bertz CT molecular complexity index is 386. The van der Waals surface area contributed by atoms with Gasteiger partial charge in [0.1, 0.15) is 0 Å². The lowest BCUT2D eigenvalue weighted by molar-refractivity contribution is -0.137. The highest BCUT2D eigenvalue weighted by atomic mass is 32.2. The van der Waals surface area contributed by atoms with Crippen LogP contribution in [0, 0.1) is 0 Å². The summed E-state index contributed by atoms with van der Waals surface area (Å²) in [6.45, 7) is 0. The van der Waals surface area contributed by atoms with Gasteiger partial charge in [0, 0.05) is 5.25 Å². The van der Waals surface area contributed by atoms with Crippen molar-refractivity contribution in [3.05, 3.63) is 35.4 Å². The third-order valence-electron chi connectivity index (χ3n) is 2.87. The molecule has 5 heteroatoms. The minimum Gasteiger partial charge on any atom is -0.387 e. The lowest BCUT2D eigenvalue weighted by Gasteiger charge is -2.18. The highest BCUT2D eigenvalue weighted by Crippen LogP contribution is 2.37. The molecule has 0 saturated carbocycles. The first-order valence-electron chi connectivity index (χ1n) is 5.45. The SMILES string of the molecule is OC(c1cccc(C(F)(F)F)c1)C1CCCS1. The average molecular weight is 262 g/mol. The number of halogens is 3. The van der Waals surface area contributed by atoms with Gasteiger partial charge >= 0.3 is 6.18 Å². The zero-order valence-electron chi connectivity index (χ0n) is 9.07. The van der Waals surface area contributed by atoms with E-state index in [1.165, 1.54) is 6.07 Å². The third-order valence-corrected chi connectivity index (χ3v) is 4.32. The summed E-state index contributed by atoms with van der Waals surface area (Å²) < 4.78 is 37.6. The predicted octanol–water partition coefficient (Wildman–Crippen LogP) is 3.63. The number of alkyl halides is 3. The molecule has 2 unspecified atom stereocenters. The first-order valence-corrected chi connectivity index (χ1v) is 6.50. The molecule has 1 aromatic rings. The molecule has 94 valence electrons. The summed E-state index contributed by atoms with van der Waals surface area (Å²) in [5.41, 5.74) is -0.337. The van der Waals surface area contributed by atoms with E-state index in [2.05, 4.69) is 0 Å². The van der Waals surface area contributed by atoms with E-state index < -0.39 is 17.8 Å². The van der Waals surface area contributed by atoms with E-state index in [1.807, 2.05) is 0 Å². The topological polar surface area (TPSA) is 20.2 Å². The van der Waals surface area contributed by atoms with E-state index in [1.54, 1.807) is 17.8 Å². The van der Waals surface area contributed by atoms with Crippen molar-refractivity contribution in [2.45, 2.75) is 30.4 Å². The van der Waals surface area contributed by atoms with Crippen LogP contribution in [0.2, 0.25) is 0 Å². The number of aliphatic hydroxyl groups is 1. The molecule has 0 aliphatic carbocycles. The second-order valence-corrected chi connectivity index (χ2v) is 5.47. The number of aliphatic hydroxyl groups excluding tert-OH is 1. The van der Waals surface area contributed by atoms with E-state index in [9.17, 15) is 18.3 Å². The Morgan fingerprint density at radius 3 is 2.71 bits per heavy atom. The quantitative estimate of drug-likeness (QED) is 0.878. The Hall–Kier alpha value is -0.680. The molecular weight excluding hydrogens is 249 g/mol. The number of hydrogen-bond acceptors (Lipinski definition) is 2. The molecule has 0 aromatic heterocycles. The second-order valence-electron chi connectivity index (χ2n) is 4.12. The average Bonchev–Trinajstić information content (AvgIpc) is 2.80. The normalized spacial score (nSPS) is 22.7. The van der Waals surface area contributed by atoms with Gasteiger partial charge in [0.2, 0.25) is 0 Å². The summed E-state index contributed by atoms with van der Waals surface area (Å²) in [6.07, 6.45) is -3.27. The molecule has 1 heterocycles. The monoisotopic (exact) mass is 262 g/mol. The van der Waals surface area contributed by atoms with Gasteiger partial charge < -0.3 is 5.11 Å². The predicted molar refractivity (Wildman–Crippen MR) is 61.9 cm³/mol. The van der Waals surface area contributed by atoms with Crippen LogP contribution in [0.4, 0.5) is 13.2 Å². The van der Waals surface area contributed by atoms with Gasteiger partial charge in [-0.3, -0.25) is 0 Å². The van der Waals surface area contributed by atoms with Gasteiger partial charge in [-0.15, -0.1) is 0 Å². The molecule has 1 aliphatic rings. The van der Waals surface area contributed by atoms with Gasteiger partial charge in [0.25, 0.3) is 0 Å². The van der Waals surface area contributed by atoms with Crippen LogP contribution in [0.5, 0.6) is 0 Å². The molecule has 0 bridgehead atoms. The van der Waals surface area contributed by atoms with E-state index >= 15 is 0 Å². The molecule has 17 heavy (non-hydrogen) atoms. The number of hydrogen-bond donors (Lipinski definition) is 1. The molecule has 1 aliphatic heterocycles. The molecule has 1 fully saturated rings. The highest BCUT2D eigenvalue weighted by Gasteiger charge is 2.32. The minimum atomic E-state index is -4.35. The Morgan fingerprint density at radius 2 is 2.12 bits per heavy atom. The van der Waals surface area contributed by atoms with Gasteiger partial charge in [-0.05, 0) is 36.3 Å². The smallest absolute Gasteiger partial charge is 0.387 e. The van der Waals surface area contributed by atoms with E-state index in [-0.39, 0.29) is 5.25 Å². The summed E-state index contributed by atoms with van der Waals surface area (Å²) in [5.74, 6) is 0.973. The molecule has 0 spiro atoms. The number of rotatable bonds is 2. The Balaban J connectivity index is 2.20. The summed E-state index contributed by atoms with van der Waals surface area (Å²) in [6, 6.07) is 4.97. The minimum absolute atomic E-state index is 0.0264. The fourth-order valence-corrected chi connectivity index (χ4v) is 3.27. The second kappa shape index (κ2) is 4.90. The summed E-state index contributed by atoms with van der Waals surface area (Å²) in [4.78, 5) is 0. The fraction of sp³-hybridized carbons (Fsp3) is 0.500. The zero-order chi connectivity index (χ0) is 12.5. The molecule has 1 aromatic carbocycles. The molecule has 1 nitrogen and oxygen atoms in total. The van der Waals surface area contributed by atoms with Crippen molar-refractivity contribution in [1.29, 1.82) is 0 Å². The number of benzene rings is 1. The van der Waals surface area contributed by atoms with Gasteiger partial charge in [-0.1, -0.05) is 12.1 Å². The zero-order valence-corrected chi connectivity index (χ0v) is 9.89. The van der Waals surface area contributed by atoms with Crippen molar-refractivity contribution in [3.8, 4) is 0 Å². The van der Waals surface area contributed by atoms with Gasteiger partial charge in [0.15, 0.2) is 0 Å². The lowest BCUT2D eigenvalue weighted by Crippen LogP contribution is -2.13. The van der Waals surface area contributed by atoms with Crippen molar-refractivity contribution in [1.82, 2.24) is 0 Å². The van der Waals surface area contributed by atoms with Crippen molar-refractivity contribution >= 4 is 11.8 Å². The van der Waals surface area contributed by atoms with E-state index in [0.29, 0.717) is 5.56 Å². The van der Waals surface area contributed by atoms with Crippen LogP contribution in [-0.4, -0.2) is 16.1 Å². The summed E-state index contributed by atoms with van der Waals surface area (Å²) in [7, 11) is 0. The third kappa shape index (κ3) is 2.96. The summed E-state index contributed by atoms with van der Waals surface area (Å²) >= 11 is 1.63. The first kappa shape index (κ1) is 12.8. The maximum Gasteiger partial charge on any atom is 0.416 e. The molecular formula is C12H13F3OS. The highest BCUT2D eigenvalue weighted by molar-refractivity contribution is 8.00. The molecule has 1 saturated heterocycles. The molecule has 1 N–H and O–H groups in total. The summed E-state index contributed by atoms with van der Waals surface area (Å²) in [5, 5.41) is 10.0. The Morgan fingerprint density at radius 1 is 1.35 bits per heavy atom. The van der Waals surface area contributed by atoms with Crippen LogP contribution in [0.3, 0.4) is 0 Å².